The number of aromatic nitrogens is 1. The SMILES string of the molecule is [2H]c1cc(-c2c(C)ccc3c2oc2c(-c4c([2H])c([2H])c(C5([2H])CCCCC5)c([2H])c4[2H])cccc23)[n+](C)cc1C([2H])([2H])[2H]. The van der Waals surface area contributed by atoms with Crippen LogP contribution in [-0.4, -0.2) is 0 Å². The topological polar surface area (TPSA) is 17.0 Å². The molecule has 2 aromatic heterocycles. The van der Waals surface area contributed by atoms with E-state index in [2.05, 4.69) is 0 Å². The lowest BCUT2D eigenvalue weighted by Crippen LogP contribution is -2.31. The molecule has 0 spiro atoms. The highest BCUT2D eigenvalue weighted by Gasteiger charge is 2.22. The molecule has 5 aromatic rings. The van der Waals surface area contributed by atoms with Gasteiger partial charge in [0.25, 0.3) is 0 Å². The van der Waals surface area contributed by atoms with E-state index in [-0.39, 0.29) is 46.9 Å². The van der Waals surface area contributed by atoms with Crippen molar-refractivity contribution < 1.29 is 21.3 Å². The molecule has 0 N–H and O–H groups in total. The van der Waals surface area contributed by atoms with Crippen molar-refractivity contribution in [1.29, 1.82) is 0 Å². The van der Waals surface area contributed by atoms with Crippen molar-refractivity contribution in [3.8, 4) is 22.4 Å². The molecule has 0 aliphatic heterocycles. The van der Waals surface area contributed by atoms with Gasteiger partial charge in [-0.25, -0.2) is 4.57 Å². The minimum absolute atomic E-state index is 0.0510. The van der Waals surface area contributed by atoms with Crippen LogP contribution < -0.4 is 4.57 Å². The van der Waals surface area contributed by atoms with Crippen LogP contribution in [0.4, 0.5) is 0 Å². The van der Waals surface area contributed by atoms with Crippen LogP contribution in [0, 0.1) is 13.8 Å². The first-order chi connectivity index (χ1) is 20.2. The molecule has 1 aliphatic carbocycles. The van der Waals surface area contributed by atoms with Crippen LogP contribution in [0.1, 0.15) is 67.0 Å². The van der Waals surface area contributed by atoms with E-state index in [0.717, 1.165) is 35.6 Å². The highest BCUT2D eigenvalue weighted by molar-refractivity contribution is 6.13. The predicted molar refractivity (Wildman–Crippen MR) is 141 cm³/mol. The number of fused-ring (bicyclic) bond motifs is 3. The molecule has 0 atom stereocenters. The van der Waals surface area contributed by atoms with Crippen LogP contribution in [0.3, 0.4) is 0 Å². The van der Waals surface area contributed by atoms with Crippen molar-refractivity contribution in [3.05, 3.63) is 89.5 Å². The summed E-state index contributed by atoms with van der Waals surface area (Å²) in [6.45, 7) is -0.516. The van der Waals surface area contributed by atoms with Gasteiger partial charge >= 0.3 is 0 Å². The summed E-state index contributed by atoms with van der Waals surface area (Å²) < 4.78 is 84.8. The number of furan rings is 1. The van der Waals surface area contributed by atoms with Gasteiger partial charge in [0.1, 0.15) is 18.2 Å². The van der Waals surface area contributed by atoms with E-state index < -0.39 is 12.7 Å². The Bertz CT molecular complexity index is 1910. The molecule has 2 heterocycles. The average molecular weight is 456 g/mol. The van der Waals surface area contributed by atoms with Crippen LogP contribution in [0.25, 0.3) is 44.3 Å². The Morgan fingerprint density at radius 3 is 2.53 bits per heavy atom. The third-order valence-electron chi connectivity index (χ3n) is 6.90. The Labute approximate surface area is 214 Å². The number of hydrogen-bond acceptors (Lipinski definition) is 1. The van der Waals surface area contributed by atoms with E-state index >= 15 is 0 Å². The summed E-state index contributed by atoms with van der Waals surface area (Å²) >= 11 is 0. The first kappa shape index (κ1) is 13.5. The highest BCUT2D eigenvalue weighted by Crippen LogP contribution is 2.41. The van der Waals surface area contributed by atoms with Gasteiger partial charge in [-0.3, -0.25) is 0 Å². The fourth-order valence-electron chi connectivity index (χ4n) is 5.12. The van der Waals surface area contributed by atoms with Gasteiger partial charge in [-0.05, 0) is 55.2 Å². The Hall–Kier alpha value is -3.39. The summed E-state index contributed by atoms with van der Waals surface area (Å²) in [5.74, 6) is -1.14. The molecule has 170 valence electrons. The van der Waals surface area contributed by atoms with Gasteiger partial charge < -0.3 is 4.42 Å². The smallest absolute Gasteiger partial charge is 0.216 e. The lowest BCUT2D eigenvalue weighted by atomic mass is 9.83. The number of rotatable bonds is 3. The number of para-hydroxylation sites is 1. The van der Waals surface area contributed by atoms with Gasteiger partial charge in [0, 0.05) is 33.4 Å². The normalized spacial score (nSPS) is 19.9. The molecule has 2 heteroatoms. The molecule has 0 bridgehead atoms. The number of nitrogens with zero attached hydrogens (tertiary/aromatic N) is 1. The lowest BCUT2D eigenvalue weighted by Gasteiger charge is -2.22. The molecule has 6 rings (SSSR count). The second-order valence-electron chi connectivity index (χ2n) is 9.16. The van der Waals surface area contributed by atoms with Crippen molar-refractivity contribution >= 4 is 21.9 Å². The zero-order valence-electron chi connectivity index (χ0n) is 28.4. The van der Waals surface area contributed by atoms with Crippen molar-refractivity contribution in [2.24, 2.45) is 7.05 Å². The minimum atomic E-state index is -2.43. The summed E-state index contributed by atoms with van der Waals surface area (Å²) in [6.07, 6.45) is 5.12. The maximum Gasteiger partial charge on any atom is 0.216 e. The number of pyridine rings is 1. The van der Waals surface area contributed by atoms with E-state index in [4.69, 9.17) is 16.8 Å². The third kappa shape index (κ3) is 3.53. The molecule has 0 unspecified atom stereocenters. The molecular weight excluding hydrogens is 414 g/mol. The van der Waals surface area contributed by atoms with Crippen molar-refractivity contribution in [3.63, 3.8) is 0 Å². The van der Waals surface area contributed by atoms with Gasteiger partial charge in [-0.15, -0.1) is 0 Å². The van der Waals surface area contributed by atoms with Gasteiger partial charge in [-0.1, -0.05) is 73.8 Å². The molecule has 0 radical (unpaired) electrons. The molecule has 1 aliphatic rings. The van der Waals surface area contributed by atoms with Gasteiger partial charge in [0.05, 0.1) is 12.4 Å². The molecule has 0 saturated heterocycles. The van der Waals surface area contributed by atoms with Gasteiger partial charge in [0.2, 0.25) is 5.69 Å². The summed E-state index contributed by atoms with van der Waals surface area (Å²) in [5, 5.41) is 1.50. The predicted octanol–water partition coefficient (Wildman–Crippen LogP) is 8.41. The summed E-state index contributed by atoms with van der Waals surface area (Å²) in [5.41, 5.74) is 3.73. The largest absolute Gasteiger partial charge is 0.454 e. The van der Waals surface area contributed by atoms with E-state index in [0.29, 0.717) is 40.8 Å². The second kappa shape index (κ2) is 8.43. The molecule has 1 saturated carbocycles. The van der Waals surface area contributed by atoms with Crippen LogP contribution >= 0.6 is 0 Å². The molecule has 1 fully saturated rings. The van der Waals surface area contributed by atoms with E-state index in [1.165, 1.54) is 12.3 Å². The molecule has 3 aromatic carbocycles. The van der Waals surface area contributed by atoms with Crippen molar-refractivity contribution in [1.82, 2.24) is 0 Å². The fraction of sp³-hybridized carbons (Fsp3) is 0.281. The molecule has 2 nitrogen and oxygen atoms in total. The van der Waals surface area contributed by atoms with E-state index in [1.807, 2.05) is 25.1 Å². The molecule has 0 amide bonds. The van der Waals surface area contributed by atoms with Crippen LogP contribution in [0.2, 0.25) is 0 Å². The van der Waals surface area contributed by atoms with Gasteiger partial charge in [-0.2, -0.15) is 0 Å². The maximum absolute atomic E-state index is 9.05. The maximum atomic E-state index is 9.05. The standard InChI is InChI=1S/C32H32NO/c1-21-12-19-29(33(3)20-21)30-22(2)13-18-28-27-11-7-10-26(31(27)34-32(28)30)25-16-14-24(15-17-25)23-8-5-4-6-9-23/h7,10-20,23H,4-6,8-9H2,1-3H3/q+1/i1D3,12D,14D,15D,16D,17D,23D. The first-order valence-electron chi connectivity index (χ1n) is 16.3. The Balaban J connectivity index is 1.61. The van der Waals surface area contributed by atoms with E-state index in [1.54, 1.807) is 23.7 Å². The lowest BCUT2D eigenvalue weighted by molar-refractivity contribution is -0.660. The van der Waals surface area contributed by atoms with E-state index in [9.17, 15) is 0 Å². The average Bonchev–Trinajstić information content (AvgIpc) is 3.32. The molecular formula is C32H32NO+. The van der Waals surface area contributed by atoms with Gasteiger partial charge in [0.15, 0.2) is 6.20 Å². The Morgan fingerprint density at radius 2 is 1.74 bits per heavy atom. The molecule has 34 heavy (non-hydrogen) atoms. The Morgan fingerprint density at radius 1 is 0.941 bits per heavy atom. The third-order valence-corrected chi connectivity index (χ3v) is 6.90. The number of benzene rings is 3. The zero-order valence-corrected chi connectivity index (χ0v) is 19.4. The second-order valence-corrected chi connectivity index (χ2v) is 9.16. The zero-order chi connectivity index (χ0) is 31.0. The number of aryl methyl sites for hydroxylation is 3. The monoisotopic (exact) mass is 455 g/mol. The quantitative estimate of drug-likeness (QED) is 0.250. The van der Waals surface area contributed by atoms with Crippen LogP contribution in [0.15, 0.2) is 77.2 Å². The Kier molecular flexibility index (Phi) is 3.34. The fourth-order valence-corrected chi connectivity index (χ4v) is 5.12. The van der Waals surface area contributed by atoms with Crippen LogP contribution in [0.5, 0.6) is 0 Å². The summed E-state index contributed by atoms with van der Waals surface area (Å²) in [7, 11) is 1.73. The van der Waals surface area contributed by atoms with Crippen LogP contribution in [-0.2, 0) is 7.05 Å². The summed E-state index contributed by atoms with van der Waals surface area (Å²) in [4.78, 5) is 0. The first-order valence-corrected chi connectivity index (χ1v) is 11.8. The minimum Gasteiger partial charge on any atom is -0.454 e. The summed E-state index contributed by atoms with van der Waals surface area (Å²) in [6, 6.07) is 9.95. The van der Waals surface area contributed by atoms with Crippen molar-refractivity contribution in [2.45, 2.75) is 51.8 Å². The van der Waals surface area contributed by atoms with Crippen molar-refractivity contribution in [2.75, 3.05) is 0 Å². The number of hydrogen-bond donors (Lipinski definition) is 0. The highest BCUT2D eigenvalue weighted by atomic mass is 16.3.